The SMILES string of the molecule is CCC1C2OC(=O)C1(C#N)CC2C. The molecule has 1 saturated heterocycles. The Morgan fingerprint density at radius 1 is 1.77 bits per heavy atom. The van der Waals surface area contributed by atoms with Crippen LogP contribution < -0.4 is 0 Å². The lowest BCUT2D eigenvalue weighted by Crippen LogP contribution is -2.30. The maximum atomic E-state index is 11.5. The number of carbonyl (C=O) groups is 1. The van der Waals surface area contributed by atoms with Crippen LogP contribution in [0.4, 0.5) is 0 Å². The number of nitriles is 1. The van der Waals surface area contributed by atoms with Gasteiger partial charge in [-0.1, -0.05) is 13.8 Å². The molecule has 0 radical (unpaired) electrons. The average Bonchev–Trinajstić information content (AvgIpc) is 2.54. The molecular weight excluding hydrogens is 166 g/mol. The lowest BCUT2D eigenvalue weighted by Gasteiger charge is -2.20. The Hall–Kier alpha value is -1.04. The van der Waals surface area contributed by atoms with E-state index >= 15 is 0 Å². The van der Waals surface area contributed by atoms with Crippen molar-refractivity contribution in [3.8, 4) is 6.07 Å². The second-order valence-corrected chi connectivity index (χ2v) is 4.15. The zero-order valence-electron chi connectivity index (χ0n) is 7.91. The fourth-order valence-corrected chi connectivity index (χ4v) is 2.87. The summed E-state index contributed by atoms with van der Waals surface area (Å²) in [7, 11) is 0. The van der Waals surface area contributed by atoms with Gasteiger partial charge in [-0.2, -0.15) is 5.26 Å². The third kappa shape index (κ3) is 0.810. The van der Waals surface area contributed by atoms with Gasteiger partial charge in [0.2, 0.25) is 0 Å². The van der Waals surface area contributed by atoms with Crippen LogP contribution in [0, 0.1) is 28.6 Å². The van der Waals surface area contributed by atoms with Crippen molar-refractivity contribution in [2.75, 3.05) is 0 Å². The van der Waals surface area contributed by atoms with Crippen molar-refractivity contribution in [2.24, 2.45) is 17.3 Å². The van der Waals surface area contributed by atoms with Gasteiger partial charge in [0.25, 0.3) is 0 Å². The smallest absolute Gasteiger partial charge is 0.327 e. The number of esters is 1. The van der Waals surface area contributed by atoms with Gasteiger partial charge in [0.1, 0.15) is 6.10 Å². The van der Waals surface area contributed by atoms with Crippen LogP contribution in [0.25, 0.3) is 0 Å². The number of fused-ring (bicyclic) bond motifs is 2. The maximum absolute atomic E-state index is 11.5. The standard InChI is InChI=1S/C10H13NO2/c1-3-7-8-6(2)4-10(7,5-11)9(12)13-8/h6-8H,3-4H2,1-2H3. The monoisotopic (exact) mass is 179 g/mol. The summed E-state index contributed by atoms with van der Waals surface area (Å²) in [5.41, 5.74) is -0.807. The highest BCUT2D eigenvalue weighted by Crippen LogP contribution is 2.55. The number of hydrogen-bond donors (Lipinski definition) is 0. The molecule has 0 N–H and O–H groups in total. The Morgan fingerprint density at radius 3 is 2.92 bits per heavy atom. The van der Waals surface area contributed by atoms with Gasteiger partial charge in [0.15, 0.2) is 5.41 Å². The van der Waals surface area contributed by atoms with E-state index in [1.165, 1.54) is 0 Å². The van der Waals surface area contributed by atoms with Crippen LogP contribution in [0.2, 0.25) is 0 Å². The van der Waals surface area contributed by atoms with Crippen molar-refractivity contribution in [1.82, 2.24) is 0 Å². The van der Waals surface area contributed by atoms with E-state index in [-0.39, 0.29) is 18.0 Å². The highest BCUT2D eigenvalue weighted by Gasteiger charge is 2.64. The van der Waals surface area contributed by atoms with Crippen LogP contribution >= 0.6 is 0 Å². The van der Waals surface area contributed by atoms with E-state index in [1.54, 1.807) is 0 Å². The summed E-state index contributed by atoms with van der Waals surface area (Å²) in [6.07, 6.45) is 1.54. The van der Waals surface area contributed by atoms with Crippen LogP contribution in [0.1, 0.15) is 26.7 Å². The van der Waals surface area contributed by atoms with Gasteiger partial charge >= 0.3 is 5.97 Å². The van der Waals surface area contributed by atoms with E-state index in [1.807, 2.05) is 6.92 Å². The molecule has 0 amide bonds. The van der Waals surface area contributed by atoms with Crippen molar-refractivity contribution in [3.63, 3.8) is 0 Å². The number of carbonyl (C=O) groups excluding carboxylic acids is 1. The molecule has 0 aromatic heterocycles. The molecule has 1 heterocycles. The molecule has 2 bridgehead atoms. The van der Waals surface area contributed by atoms with Crippen LogP contribution in [-0.4, -0.2) is 12.1 Å². The van der Waals surface area contributed by atoms with Gasteiger partial charge < -0.3 is 4.74 Å². The first-order chi connectivity index (χ1) is 6.15. The van der Waals surface area contributed by atoms with Gasteiger partial charge in [0, 0.05) is 5.92 Å². The van der Waals surface area contributed by atoms with E-state index < -0.39 is 5.41 Å². The first-order valence-corrected chi connectivity index (χ1v) is 4.78. The molecule has 0 aromatic rings. The van der Waals surface area contributed by atoms with Crippen molar-refractivity contribution in [2.45, 2.75) is 32.8 Å². The van der Waals surface area contributed by atoms with Crippen LogP contribution in [0.15, 0.2) is 0 Å². The predicted molar refractivity (Wildman–Crippen MR) is 45.5 cm³/mol. The molecule has 0 spiro atoms. The molecule has 3 heteroatoms. The summed E-state index contributed by atoms with van der Waals surface area (Å²) in [4.78, 5) is 11.5. The fraction of sp³-hybridized carbons (Fsp3) is 0.800. The van der Waals surface area contributed by atoms with E-state index in [0.29, 0.717) is 12.3 Å². The number of nitrogens with zero attached hydrogens (tertiary/aromatic N) is 1. The van der Waals surface area contributed by atoms with E-state index in [4.69, 9.17) is 10.00 Å². The maximum Gasteiger partial charge on any atom is 0.327 e. The summed E-state index contributed by atoms with van der Waals surface area (Å²) >= 11 is 0. The quantitative estimate of drug-likeness (QED) is 0.573. The largest absolute Gasteiger partial charge is 0.461 e. The van der Waals surface area contributed by atoms with E-state index in [2.05, 4.69) is 13.0 Å². The first-order valence-electron chi connectivity index (χ1n) is 4.78. The van der Waals surface area contributed by atoms with Gasteiger partial charge in [-0.15, -0.1) is 0 Å². The van der Waals surface area contributed by atoms with Gasteiger partial charge in [-0.05, 0) is 18.8 Å². The summed E-state index contributed by atoms with van der Waals surface area (Å²) in [6.45, 7) is 4.07. The Balaban J connectivity index is 2.42. The highest BCUT2D eigenvalue weighted by atomic mass is 16.6. The zero-order valence-corrected chi connectivity index (χ0v) is 7.91. The molecule has 0 aromatic carbocycles. The van der Waals surface area contributed by atoms with Gasteiger partial charge in [0.05, 0.1) is 6.07 Å². The molecule has 70 valence electrons. The first kappa shape index (κ1) is 8.55. The Bertz CT molecular complexity index is 294. The normalized spacial score (nSPS) is 47.5. The molecule has 1 aliphatic heterocycles. The Labute approximate surface area is 77.7 Å². The Morgan fingerprint density at radius 2 is 2.46 bits per heavy atom. The summed E-state index contributed by atoms with van der Waals surface area (Å²) in [6, 6.07) is 2.18. The molecule has 1 aliphatic carbocycles. The lowest BCUT2D eigenvalue weighted by atomic mass is 9.79. The number of ether oxygens (including phenoxy) is 1. The number of rotatable bonds is 1. The minimum Gasteiger partial charge on any atom is -0.461 e. The topological polar surface area (TPSA) is 50.1 Å². The average molecular weight is 179 g/mol. The van der Waals surface area contributed by atoms with Crippen LogP contribution in [0.3, 0.4) is 0 Å². The minimum atomic E-state index is -0.807. The molecule has 4 atom stereocenters. The van der Waals surface area contributed by atoms with Crippen molar-refractivity contribution in [3.05, 3.63) is 0 Å². The molecule has 4 unspecified atom stereocenters. The zero-order chi connectivity index (χ0) is 9.64. The van der Waals surface area contributed by atoms with Crippen molar-refractivity contribution >= 4 is 5.97 Å². The minimum absolute atomic E-state index is 0.00264. The molecule has 1 saturated carbocycles. The third-order valence-electron chi connectivity index (χ3n) is 3.48. The van der Waals surface area contributed by atoms with E-state index in [0.717, 1.165) is 6.42 Å². The summed E-state index contributed by atoms with van der Waals surface area (Å²) in [5.74, 6) is 0.187. The van der Waals surface area contributed by atoms with Gasteiger partial charge in [-0.3, -0.25) is 4.79 Å². The molecule has 13 heavy (non-hydrogen) atoms. The lowest BCUT2D eigenvalue weighted by molar-refractivity contribution is -0.153. The molecule has 2 rings (SSSR count). The predicted octanol–water partition coefficient (Wildman–Crippen LogP) is 1.49. The highest BCUT2D eigenvalue weighted by molar-refractivity contribution is 5.84. The molecule has 2 aliphatic rings. The molecule has 2 fully saturated rings. The fourth-order valence-electron chi connectivity index (χ4n) is 2.87. The Kier molecular flexibility index (Phi) is 1.63. The van der Waals surface area contributed by atoms with Crippen molar-refractivity contribution < 1.29 is 9.53 Å². The summed E-state index contributed by atoms with van der Waals surface area (Å²) in [5, 5.41) is 9.08. The number of hydrogen-bond acceptors (Lipinski definition) is 3. The second-order valence-electron chi connectivity index (χ2n) is 4.15. The van der Waals surface area contributed by atoms with Crippen LogP contribution in [-0.2, 0) is 9.53 Å². The second kappa shape index (κ2) is 2.47. The van der Waals surface area contributed by atoms with Gasteiger partial charge in [-0.25, -0.2) is 0 Å². The van der Waals surface area contributed by atoms with Crippen LogP contribution in [0.5, 0.6) is 0 Å². The van der Waals surface area contributed by atoms with E-state index in [9.17, 15) is 4.79 Å². The summed E-state index contributed by atoms with van der Waals surface area (Å²) < 4.78 is 5.21. The van der Waals surface area contributed by atoms with Crippen molar-refractivity contribution in [1.29, 1.82) is 5.26 Å². The molecular formula is C10H13NO2. The molecule has 3 nitrogen and oxygen atoms in total. The third-order valence-corrected chi connectivity index (χ3v) is 3.48.